The third-order valence-corrected chi connectivity index (χ3v) is 2.29. The molecule has 4 heteroatoms. The first kappa shape index (κ1) is 10.0. The van der Waals surface area contributed by atoms with E-state index in [9.17, 15) is 9.59 Å². The van der Waals surface area contributed by atoms with E-state index in [1.54, 1.807) is 4.90 Å². The zero-order chi connectivity index (χ0) is 9.84. The van der Waals surface area contributed by atoms with Crippen LogP contribution in [0.4, 0.5) is 4.79 Å². The van der Waals surface area contributed by atoms with Crippen LogP contribution in [-0.2, 0) is 4.79 Å². The number of amides is 2. The maximum atomic E-state index is 11.4. The Labute approximate surface area is 78.3 Å². The Kier molecular flexibility index (Phi) is 3.28. The van der Waals surface area contributed by atoms with Gasteiger partial charge in [-0.15, -0.1) is 0 Å². The van der Waals surface area contributed by atoms with Gasteiger partial charge in [0, 0.05) is 32.0 Å². The van der Waals surface area contributed by atoms with Gasteiger partial charge in [0.2, 0.25) is 0 Å². The molecule has 1 fully saturated rings. The lowest BCUT2D eigenvalue weighted by molar-refractivity contribution is -0.124. The Morgan fingerprint density at radius 2 is 2.38 bits per heavy atom. The molecule has 1 unspecified atom stereocenters. The minimum absolute atomic E-state index is 0.00337. The van der Waals surface area contributed by atoms with Crippen LogP contribution in [0.25, 0.3) is 0 Å². The van der Waals surface area contributed by atoms with Crippen molar-refractivity contribution in [1.29, 1.82) is 0 Å². The second kappa shape index (κ2) is 4.25. The Hall–Kier alpha value is -1.06. The van der Waals surface area contributed by atoms with Crippen LogP contribution in [-0.4, -0.2) is 36.3 Å². The van der Waals surface area contributed by atoms with Crippen LogP contribution >= 0.6 is 0 Å². The van der Waals surface area contributed by atoms with E-state index in [-0.39, 0.29) is 17.7 Å². The summed E-state index contributed by atoms with van der Waals surface area (Å²) < 4.78 is 0. The molecule has 74 valence electrons. The molecule has 0 saturated carbocycles. The smallest absolute Gasteiger partial charge is 0.317 e. The van der Waals surface area contributed by atoms with Gasteiger partial charge < -0.3 is 10.2 Å². The van der Waals surface area contributed by atoms with Gasteiger partial charge in [-0.2, -0.15) is 0 Å². The van der Waals surface area contributed by atoms with Gasteiger partial charge >= 0.3 is 6.03 Å². The first-order valence-corrected chi connectivity index (χ1v) is 4.70. The maximum absolute atomic E-state index is 11.4. The fraction of sp³-hybridized carbons (Fsp3) is 0.778. The summed E-state index contributed by atoms with van der Waals surface area (Å²) in [6.45, 7) is 5.52. The van der Waals surface area contributed by atoms with E-state index in [1.807, 2.05) is 13.8 Å². The van der Waals surface area contributed by atoms with Crippen LogP contribution in [0.1, 0.15) is 20.3 Å². The first-order valence-electron chi connectivity index (χ1n) is 4.70. The summed E-state index contributed by atoms with van der Waals surface area (Å²) in [6.07, 6.45) is 0.498. The number of rotatable bonds is 1. The minimum Gasteiger partial charge on any atom is -0.338 e. The Bertz CT molecular complexity index is 216. The van der Waals surface area contributed by atoms with E-state index >= 15 is 0 Å². The highest BCUT2D eigenvalue weighted by Gasteiger charge is 2.25. The summed E-state index contributed by atoms with van der Waals surface area (Å²) >= 11 is 0. The molecule has 1 aliphatic heterocycles. The summed E-state index contributed by atoms with van der Waals surface area (Å²) in [4.78, 5) is 24.2. The van der Waals surface area contributed by atoms with Gasteiger partial charge in [-0.1, -0.05) is 6.92 Å². The number of likely N-dealkylation sites (tertiary alicyclic amines) is 1. The number of nitrogens with one attached hydrogen (secondary N) is 1. The van der Waals surface area contributed by atoms with Gasteiger partial charge in [-0.25, -0.2) is 4.79 Å². The van der Waals surface area contributed by atoms with Crippen molar-refractivity contribution in [2.45, 2.75) is 20.3 Å². The standard InChI is InChI=1S/C9H16N2O2/c1-3-10-9(13)11-5-4-8(12)7(2)6-11/h7H,3-6H2,1-2H3,(H,10,13). The molecular formula is C9H16N2O2. The number of carbonyl (C=O) groups excluding carboxylic acids is 2. The molecule has 0 aromatic heterocycles. The number of carbonyl (C=O) groups is 2. The number of piperidine rings is 1. The van der Waals surface area contributed by atoms with Crippen molar-refractivity contribution in [3.63, 3.8) is 0 Å². The Morgan fingerprint density at radius 1 is 1.69 bits per heavy atom. The molecule has 1 aliphatic rings. The highest BCUT2D eigenvalue weighted by molar-refractivity contribution is 5.84. The van der Waals surface area contributed by atoms with Crippen molar-refractivity contribution in [3.8, 4) is 0 Å². The van der Waals surface area contributed by atoms with Gasteiger partial charge in [0.1, 0.15) is 5.78 Å². The number of urea groups is 1. The van der Waals surface area contributed by atoms with Gasteiger partial charge in [0.05, 0.1) is 0 Å². The molecule has 2 amide bonds. The van der Waals surface area contributed by atoms with E-state index in [0.29, 0.717) is 26.1 Å². The van der Waals surface area contributed by atoms with Crippen molar-refractivity contribution in [1.82, 2.24) is 10.2 Å². The molecule has 13 heavy (non-hydrogen) atoms. The van der Waals surface area contributed by atoms with E-state index < -0.39 is 0 Å². The topological polar surface area (TPSA) is 49.4 Å². The number of hydrogen-bond acceptors (Lipinski definition) is 2. The fourth-order valence-corrected chi connectivity index (χ4v) is 1.46. The Morgan fingerprint density at radius 3 is 2.92 bits per heavy atom. The normalized spacial score (nSPS) is 23.1. The second-order valence-electron chi connectivity index (χ2n) is 3.40. The van der Waals surface area contributed by atoms with Crippen LogP contribution in [0.2, 0.25) is 0 Å². The molecule has 0 spiro atoms. The molecule has 0 aromatic rings. The van der Waals surface area contributed by atoms with E-state index in [0.717, 1.165) is 0 Å². The second-order valence-corrected chi connectivity index (χ2v) is 3.40. The average Bonchev–Trinajstić information content (AvgIpc) is 2.10. The molecule has 0 aliphatic carbocycles. The highest BCUT2D eigenvalue weighted by Crippen LogP contribution is 2.11. The molecule has 1 saturated heterocycles. The summed E-state index contributed by atoms with van der Waals surface area (Å²) in [6, 6.07) is -0.0538. The van der Waals surface area contributed by atoms with Crippen molar-refractivity contribution in [2.24, 2.45) is 5.92 Å². The molecule has 0 aromatic carbocycles. The predicted molar refractivity (Wildman–Crippen MR) is 49.4 cm³/mol. The highest BCUT2D eigenvalue weighted by atomic mass is 16.2. The summed E-state index contributed by atoms with van der Waals surface area (Å²) in [5.41, 5.74) is 0. The molecule has 1 rings (SSSR count). The summed E-state index contributed by atoms with van der Waals surface area (Å²) in [5, 5.41) is 2.73. The predicted octanol–water partition coefficient (Wildman–Crippen LogP) is 0.627. The first-order chi connectivity index (χ1) is 6.15. The van der Waals surface area contributed by atoms with Crippen LogP contribution in [0, 0.1) is 5.92 Å². The summed E-state index contributed by atoms with van der Waals surface area (Å²) in [7, 11) is 0. The van der Waals surface area contributed by atoms with Crippen LogP contribution in [0.5, 0.6) is 0 Å². The van der Waals surface area contributed by atoms with E-state index in [2.05, 4.69) is 5.32 Å². The van der Waals surface area contributed by atoms with Gasteiger partial charge in [-0.3, -0.25) is 4.79 Å². The van der Waals surface area contributed by atoms with Gasteiger partial charge in [0.15, 0.2) is 0 Å². The quantitative estimate of drug-likeness (QED) is 0.649. The van der Waals surface area contributed by atoms with Crippen molar-refractivity contribution < 1.29 is 9.59 Å². The molecule has 0 radical (unpaired) electrons. The number of nitrogens with zero attached hydrogens (tertiary/aromatic N) is 1. The Balaban J connectivity index is 2.45. The largest absolute Gasteiger partial charge is 0.338 e. The SMILES string of the molecule is CCNC(=O)N1CCC(=O)C(C)C1. The number of Topliss-reactive ketones (excluding diaryl/α,β-unsaturated/α-hetero) is 1. The lowest BCUT2D eigenvalue weighted by Gasteiger charge is -2.29. The zero-order valence-corrected chi connectivity index (χ0v) is 8.17. The third kappa shape index (κ3) is 2.44. The van der Waals surface area contributed by atoms with Crippen molar-refractivity contribution in [3.05, 3.63) is 0 Å². The lowest BCUT2D eigenvalue weighted by atomic mass is 9.99. The number of hydrogen-bond donors (Lipinski definition) is 1. The summed E-state index contributed by atoms with van der Waals surface area (Å²) in [5.74, 6) is 0.261. The molecule has 4 nitrogen and oxygen atoms in total. The monoisotopic (exact) mass is 184 g/mol. The van der Waals surface area contributed by atoms with Gasteiger partial charge in [-0.05, 0) is 6.92 Å². The third-order valence-electron chi connectivity index (χ3n) is 2.29. The zero-order valence-electron chi connectivity index (χ0n) is 8.17. The molecular weight excluding hydrogens is 168 g/mol. The van der Waals surface area contributed by atoms with E-state index in [4.69, 9.17) is 0 Å². The fourth-order valence-electron chi connectivity index (χ4n) is 1.46. The van der Waals surface area contributed by atoms with Crippen molar-refractivity contribution >= 4 is 11.8 Å². The van der Waals surface area contributed by atoms with E-state index in [1.165, 1.54) is 0 Å². The van der Waals surface area contributed by atoms with Crippen LogP contribution in [0.3, 0.4) is 0 Å². The maximum Gasteiger partial charge on any atom is 0.317 e. The lowest BCUT2D eigenvalue weighted by Crippen LogP contribution is -2.47. The molecule has 1 heterocycles. The van der Waals surface area contributed by atoms with Gasteiger partial charge in [0.25, 0.3) is 0 Å². The number of ketones is 1. The molecule has 1 N–H and O–H groups in total. The van der Waals surface area contributed by atoms with Crippen molar-refractivity contribution in [2.75, 3.05) is 19.6 Å². The average molecular weight is 184 g/mol. The molecule has 1 atom stereocenters. The molecule has 0 bridgehead atoms. The van der Waals surface area contributed by atoms with Crippen LogP contribution in [0.15, 0.2) is 0 Å². The van der Waals surface area contributed by atoms with Crippen LogP contribution < -0.4 is 5.32 Å². The minimum atomic E-state index is -0.0538.